The summed E-state index contributed by atoms with van der Waals surface area (Å²) in [5.74, 6) is 0.423. The van der Waals surface area contributed by atoms with Gasteiger partial charge in [-0.25, -0.2) is 9.78 Å². The molecule has 8 nitrogen and oxygen atoms in total. The van der Waals surface area contributed by atoms with Gasteiger partial charge in [-0.1, -0.05) is 50.8 Å². The molecule has 1 saturated heterocycles. The summed E-state index contributed by atoms with van der Waals surface area (Å²) in [6.07, 6.45) is 13.1. The van der Waals surface area contributed by atoms with Gasteiger partial charge in [-0.15, -0.1) is 0 Å². The SMILES string of the molecule is C=C/C=C(\C=C/C)CN1CCCC(Nc2nc3ccc(C(=O)OCC)cc3n2CCC(=N/C(C)=C\C)C(C)O)CC1.CC. The highest BCUT2D eigenvalue weighted by Gasteiger charge is 2.21. The third kappa shape index (κ3) is 10.9. The van der Waals surface area contributed by atoms with Crippen LogP contribution in [0.3, 0.4) is 0 Å². The number of anilines is 1. The number of esters is 1. The molecule has 2 aromatic rings. The third-order valence-electron chi connectivity index (χ3n) is 7.34. The lowest BCUT2D eigenvalue weighted by atomic mass is 10.1. The summed E-state index contributed by atoms with van der Waals surface area (Å²) in [6.45, 7) is 21.1. The molecule has 1 aliphatic heterocycles. The zero-order chi connectivity index (χ0) is 31.8. The summed E-state index contributed by atoms with van der Waals surface area (Å²) < 4.78 is 7.36. The summed E-state index contributed by atoms with van der Waals surface area (Å²) in [5.41, 5.74) is 4.99. The molecule has 3 rings (SSSR count). The van der Waals surface area contributed by atoms with Crippen LogP contribution in [0.5, 0.6) is 0 Å². The van der Waals surface area contributed by atoms with Crippen LogP contribution in [-0.4, -0.2) is 69.6 Å². The monoisotopic (exact) mass is 591 g/mol. The molecule has 0 aliphatic carbocycles. The summed E-state index contributed by atoms with van der Waals surface area (Å²) in [6, 6.07) is 5.76. The minimum absolute atomic E-state index is 0.267. The Morgan fingerprint density at radius 2 is 2.05 bits per heavy atom. The highest BCUT2D eigenvalue weighted by atomic mass is 16.5. The van der Waals surface area contributed by atoms with E-state index in [0.717, 1.165) is 61.6 Å². The van der Waals surface area contributed by atoms with E-state index in [2.05, 4.69) is 44.6 Å². The van der Waals surface area contributed by atoms with Crippen LogP contribution in [0.15, 0.2) is 71.4 Å². The van der Waals surface area contributed by atoms with Crippen molar-refractivity contribution in [3.8, 4) is 0 Å². The molecule has 1 aromatic carbocycles. The van der Waals surface area contributed by atoms with E-state index < -0.39 is 6.10 Å². The van der Waals surface area contributed by atoms with Gasteiger partial charge in [-0.05, 0) is 84.2 Å². The predicted octanol–water partition coefficient (Wildman–Crippen LogP) is 7.33. The van der Waals surface area contributed by atoms with Gasteiger partial charge in [0.1, 0.15) is 0 Å². The number of rotatable bonds is 13. The Bertz CT molecular complexity index is 1300. The molecular weight excluding hydrogens is 538 g/mol. The fourth-order valence-electron chi connectivity index (χ4n) is 5.10. The number of aliphatic hydroxyl groups is 1. The second kappa shape index (κ2) is 18.9. The first-order valence-corrected chi connectivity index (χ1v) is 15.8. The number of ether oxygens (including phenoxy) is 1. The van der Waals surface area contributed by atoms with Crippen molar-refractivity contribution in [1.29, 1.82) is 0 Å². The number of aliphatic hydroxyl groups excluding tert-OH is 1. The Morgan fingerprint density at radius 1 is 1.28 bits per heavy atom. The van der Waals surface area contributed by atoms with Crippen molar-refractivity contribution >= 4 is 28.7 Å². The maximum absolute atomic E-state index is 12.5. The zero-order valence-corrected chi connectivity index (χ0v) is 27.4. The Labute approximate surface area is 258 Å². The Balaban J connectivity index is 0.00000316. The quantitative estimate of drug-likeness (QED) is 0.144. The third-order valence-corrected chi connectivity index (χ3v) is 7.34. The number of fused-ring (bicyclic) bond motifs is 1. The van der Waals surface area contributed by atoms with Crippen molar-refractivity contribution in [2.75, 3.05) is 31.6 Å². The van der Waals surface area contributed by atoms with Gasteiger partial charge >= 0.3 is 5.97 Å². The van der Waals surface area contributed by atoms with Gasteiger partial charge < -0.3 is 19.7 Å². The standard InChI is InChI=1S/C33H47N5O3.C2H6/c1-7-12-26(13-8-2)23-37-19-11-14-28(17-20-37)35-33-36-30-16-15-27(32(40)41-10-4)22-31(30)38(33)21-18-29(25(6)39)34-24(5)9-3;1-2/h7-9,12-13,15-16,22,25,28,39H,1,10-11,14,17-21,23H2,2-6H3,(H,35,36);1-2H3/b13-8-,24-9-,26-12+,34-29?;. The van der Waals surface area contributed by atoms with Crippen molar-refractivity contribution in [2.24, 2.45) is 4.99 Å². The molecule has 1 aromatic heterocycles. The first-order valence-electron chi connectivity index (χ1n) is 15.8. The van der Waals surface area contributed by atoms with Crippen molar-refractivity contribution < 1.29 is 14.6 Å². The lowest BCUT2D eigenvalue weighted by molar-refractivity contribution is 0.0526. The predicted molar refractivity (Wildman–Crippen MR) is 181 cm³/mol. The number of nitrogens with one attached hydrogen (secondary N) is 1. The summed E-state index contributed by atoms with van der Waals surface area (Å²) in [4.78, 5) is 24.6. The molecule has 1 fully saturated rings. The number of aromatic nitrogens is 2. The van der Waals surface area contributed by atoms with E-state index in [9.17, 15) is 9.90 Å². The van der Waals surface area contributed by atoms with Gasteiger partial charge in [-0.2, -0.15) is 0 Å². The van der Waals surface area contributed by atoms with E-state index >= 15 is 0 Å². The largest absolute Gasteiger partial charge is 0.462 e. The summed E-state index contributed by atoms with van der Waals surface area (Å²) in [7, 11) is 0. The molecule has 0 saturated carbocycles. The minimum Gasteiger partial charge on any atom is -0.462 e. The van der Waals surface area contributed by atoms with Gasteiger partial charge in [0, 0.05) is 43.5 Å². The smallest absolute Gasteiger partial charge is 0.338 e. The second-order valence-electron chi connectivity index (χ2n) is 10.5. The molecule has 2 heterocycles. The van der Waals surface area contributed by atoms with Crippen LogP contribution in [0.1, 0.15) is 84.5 Å². The molecule has 2 atom stereocenters. The van der Waals surface area contributed by atoms with E-state index in [4.69, 9.17) is 9.72 Å². The van der Waals surface area contributed by atoms with Crippen LogP contribution in [0, 0.1) is 0 Å². The maximum Gasteiger partial charge on any atom is 0.338 e. The van der Waals surface area contributed by atoms with Crippen molar-refractivity contribution in [3.63, 3.8) is 0 Å². The topological polar surface area (TPSA) is 92.0 Å². The highest BCUT2D eigenvalue weighted by Crippen LogP contribution is 2.25. The van der Waals surface area contributed by atoms with Gasteiger partial charge in [0.15, 0.2) is 0 Å². The molecule has 0 bridgehead atoms. The molecule has 8 heteroatoms. The number of hydrogen-bond acceptors (Lipinski definition) is 7. The number of benzene rings is 1. The number of allylic oxidation sites excluding steroid dienone is 5. The maximum atomic E-state index is 12.5. The van der Waals surface area contributed by atoms with Crippen LogP contribution >= 0.6 is 0 Å². The number of nitrogens with zero attached hydrogens (tertiary/aromatic N) is 4. The number of hydrogen-bond donors (Lipinski definition) is 2. The molecule has 2 unspecified atom stereocenters. The summed E-state index contributed by atoms with van der Waals surface area (Å²) >= 11 is 0. The Hall–Kier alpha value is -3.49. The lowest BCUT2D eigenvalue weighted by Crippen LogP contribution is -2.28. The number of aliphatic imine (C=N–C) groups is 1. The lowest BCUT2D eigenvalue weighted by Gasteiger charge is -2.21. The average Bonchev–Trinajstić information content (AvgIpc) is 3.18. The first-order chi connectivity index (χ1) is 20.8. The van der Waals surface area contributed by atoms with Gasteiger partial charge in [0.25, 0.3) is 0 Å². The van der Waals surface area contributed by atoms with Crippen molar-refractivity contribution in [1.82, 2.24) is 14.5 Å². The number of carbonyl (C=O) groups excluding carboxylic acids is 1. The molecule has 1 aliphatic rings. The minimum atomic E-state index is -0.665. The number of carbonyl (C=O) groups is 1. The van der Waals surface area contributed by atoms with E-state index in [1.165, 1.54) is 5.57 Å². The van der Waals surface area contributed by atoms with Crippen LogP contribution in [0.2, 0.25) is 0 Å². The fourth-order valence-corrected chi connectivity index (χ4v) is 5.10. The van der Waals surface area contributed by atoms with Gasteiger partial charge in [-0.3, -0.25) is 9.89 Å². The van der Waals surface area contributed by atoms with Gasteiger partial charge in [0.05, 0.1) is 29.3 Å². The van der Waals surface area contributed by atoms with Crippen LogP contribution in [-0.2, 0) is 11.3 Å². The Kier molecular flexibility index (Phi) is 15.7. The van der Waals surface area contributed by atoms with Crippen molar-refractivity contribution in [3.05, 3.63) is 72.0 Å². The fraction of sp³-hybridized carbons (Fsp3) is 0.514. The Morgan fingerprint density at radius 3 is 2.70 bits per heavy atom. The number of aryl methyl sites for hydroxylation is 1. The molecular formula is C35H53N5O3. The van der Waals surface area contributed by atoms with Crippen LogP contribution in [0.25, 0.3) is 11.0 Å². The molecule has 236 valence electrons. The van der Waals surface area contributed by atoms with Gasteiger partial charge in [0.2, 0.25) is 5.95 Å². The normalized spacial score (nSPS) is 17.8. The van der Waals surface area contributed by atoms with Crippen molar-refractivity contribution in [2.45, 2.75) is 92.8 Å². The highest BCUT2D eigenvalue weighted by molar-refractivity contribution is 5.94. The van der Waals surface area contributed by atoms with Crippen LogP contribution < -0.4 is 5.32 Å². The average molecular weight is 592 g/mol. The summed E-state index contributed by atoms with van der Waals surface area (Å²) in [5, 5.41) is 14.1. The second-order valence-corrected chi connectivity index (χ2v) is 10.5. The molecule has 2 N–H and O–H groups in total. The van der Waals surface area contributed by atoms with E-state index in [-0.39, 0.29) is 12.0 Å². The van der Waals surface area contributed by atoms with E-state index in [0.29, 0.717) is 30.8 Å². The first kappa shape index (κ1) is 35.7. The van der Waals surface area contributed by atoms with Crippen LogP contribution in [0.4, 0.5) is 5.95 Å². The molecule has 0 amide bonds. The molecule has 0 spiro atoms. The van der Waals surface area contributed by atoms with E-state index in [1.807, 2.05) is 58.9 Å². The molecule has 43 heavy (non-hydrogen) atoms. The number of likely N-dealkylation sites (tertiary alicyclic amines) is 1. The number of imidazole rings is 1. The zero-order valence-electron chi connectivity index (χ0n) is 27.4. The molecule has 0 radical (unpaired) electrons. The van der Waals surface area contributed by atoms with E-state index in [1.54, 1.807) is 19.9 Å².